The quantitative estimate of drug-likeness (QED) is 0.906. The SMILES string of the molecule is CCCS(=O)(=O)c1ccc(NC2CCCN(C)C2)cc1. The van der Waals surface area contributed by atoms with Crippen molar-refractivity contribution in [1.29, 1.82) is 0 Å². The summed E-state index contributed by atoms with van der Waals surface area (Å²) in [6, 6.07) is 7.61. The van der Waals surface area contributed by atoms with E-state index in [2.05, 4.69) is 17.3 Å². The second-order valence-electron chi connectivity index (χ2n) is 5.59. The fraction of sp³-hybridized carbons (Fsp3) is 0.600. The van der Waals surface area contributed by atoms with E-state index in [1.807, 2.05) is 19.1 Å². The highest BCUT2D eigenvalue weighted by Crippen LogP contribution is 2.19. The van der Waals surface area contributed by atoms with Crippen molar-refractivity contribution in [2.24, 2.45) is 0 Å². The molecule has 20 heavy (non-hydrogen) atoms. The van der Waals surface area contributed by atoms with E-state index in [0.717, 1.165) is 18.8 Å². The van der Waals surface area contributed by atoms with E-state index in [4.69, 9.17) is 0 Å². The number of anilines is 1. The monoisotopic (exact) mass is 296 g/mol. The zero-order valence-corrected chi connectivity index (χ0v) is 13.1. The van der Waals surface area contributed by atoms with Gasteiger partial charge in [0.15, 0.2) is 9.84 Å². The minimum absolute atomic E-state index is 0.215. The van der Waals surface area contributed by atoms with Gasteiger partial charge in [-0.3, -0.25) is 0 Å². The summed E-state index contributed by atoms with van der Waals surface area (Å²) in [5.74, 6) is 0.215. The average molecular weight is 296 g/mol. The van der Waals surface area contributed by atoms with Crippen molar-refractivity contribution >= 4 is 15.5 Å². The molecule has 1 fully saturated rings. The lowest BCUT2D eigenvalue weighted by molar-refractivity contribution is 0.261. The first-order valence-corrected chi connectivity index (χ1v) is 8.94. The molecular weight excluding hydrogens is 272 g/mol. The van der Waals surface area contributed by atoms with E-state index in [9.17, 15) is 8.42 Å². The lowest BCUT2D eigenvalue weighted by Gasteiger charge is -2.30. The molecular formula is C15H24N2O2S. The normalized spacial score (nSPS) is 20.8. The van der Waals surface area contributed by atoms with Gasteiger partial charge in [0.05, 0.1) is 10.6 Å². The first-order chi connectivity index (χ1) is 9.51. The van der Waals surface area contributed by atoms with Crippen LogP contribution in [0.3, 0.4) is 0 Å². The Kier molecular flexibility index (Phi) is 5.05. The Bertz CT molecular complexity index is 525. The number of benzene rings is 1. The van der Waals surface area contributed by atoms with Crippen molar-refractivity contribution < 1.29 is 8.42 Å². The van der Waals surface area contributed by atoms with Crippen LogP contribution in [0.5, 0.6) is 0 Å². The largest absolute Gasteiger partial charge is 0.381 e. The smallest absolute Gasteiger partial charge is 0.178 e. The summed E-state index contributed by atoms with van der Waals surface area (Å²) in [6.45, 7) is 4.08. The first kappa shape index (κ1) is 15.3. The van der Waals surface area contributed by atoms with Crippen LogP contribution in [0.15, 0.2) is 29.2 Å². The molecule has 1 atom stereocenters. The molecule has 0 bridgehead atoms. The number of rotatable bonds is 5. The number of sulfone groups is 1. The second kappa shape index (κ2) is 6.59. The van der Waals surface area contributed by atoms with Crippen molar-refractivity contribution in [3.63, 3.8) is 0 Å². The third-order valence-electron chi connectivity index (χ3n) is 3.68. The van der Waals surface area contributed by atoms with Crippen LogP contribution >= 0.6 is 0 Å². The van der Waals surface area contributed by atoms with Gasteiger partial charge in [0, 0.05) is 18.3 Å². The van der Waals surface area contributed by atoms with E-state index >= 15 is 0 Å². The topological polar surface area (TPSA) is 49.4 Å². The molecule has 1 heterocycles. The van der Waals surface area contributed by atoms with Crippen LogP contribution in [0.2, 0.25) is 0 Å². The van der Waals surface area contributed by atoms with Crippen LogP contribution in [-0.2, 0) is 9.84 Å². The fourth-order valence-electron chi connectivity index (χ4n) is 2.66. The van der Waals surface area contributed by atoms with Crippen molar-refractivity contribution in [3.05, 3.63) is 24.3 Å². The van der Waals surface area contributed by atoms with Crippen LogP contribution in [0, 0.1) is 0 Å². The van der Waals surface area contributed by atoms with Crippen LogP contribution in [0.4, 0.5) is 5.69 Å². The van der Waals surface area contributed by atoms with Crippen LogP contribution in [0.1, 0.15) is 26.2 Å². The van der Waals surface area contributed by atoms with Gasteiger partial charge in [-0.15, -0.1) is 0 Å². The van der Waals surface area contributed by atoms with Gasteiger partial charge in [0.2, 0.25) is 0 Å². The number of likely N-dealkylation sites (N-methyl/N-ethyl adjacent to an activating group) is 1. The van der Waals surface area contributed by atoms with Gasteiger partial charge in [-0.1, -0.05) is 6.92 Å². The zero-order chi connectivity index (χ0) is 14.6. The molecule has 1 aliphatic rings. The molecule has 0 aromatic heterocycles. The number of nitrogens with one attached hydrogen (secondary N) is 1. The molecule has 0 spiro atoms. The summed E-state index contributed by atoms with van der Waals surface area (Å²) in [4.78, 5) is 2.74. The third kappa shape index (κ3) is 3.96. The van der Waals surface area contributed by atoms with E-state index in [-0.39, 0.29) is 5.75 Å². The first-order valence-electron chi connectivity index (χ1n) is 7.29. The summed E-state index contributed by atoms with van der Waals surface area (Å²) in [5, 5.41) is 3.49. The summed E-state index contributed by atoms with van der Waals surface area (Å²) in [7, 11) is -0.972. The molecule has 4 nitrogen and oxygen atoms in total. The van der Waals surface area contributed by atoms with Crippen LogP contribution < -0.4 is 5.32 Å². The van der Waals surface area contributed by atoms with Gasteiger partial charge < -0.3 is 10.2 Å². The van der Waals surface area contributed by atoms with Crippen molar-refractivity contribution in [1.82, 2.24) is 4.90 Å². The molecule has 1 N–H and O–H groups in total. The van der Waals surface area contributed by atoms with Gasteiger partial charge in [0.25, 0.3) is 0 Å². The van der Waals surface area contributed by atoms with Crippen LogP contribution in [-0.4, -0.2) is 45.2 Å². The molecule has 5 heteroatoms. The standard InChI is InChI=1S/C15H24N2O2S/c1-3-11-20(18,19)15-8-6-13(7-9-15)16-14-5-4-10-17(2)12-14/h6-9,14,16H,3-5,10-12H2,1-2H3. The molecule has 1 aliphatic heterocycles. The summed E-state index contributed by atoms with van der Waals surface area (Å²) < 4.78 is 23.9. The predicted octanol–water partition coefficient (Wildman–Crippen LogP) is 2.38. The van der Waals surface area contributed by atoms with Crippen molar-refractivity contribution in [2.45, 2.75) is 37.1 Å². The molecule has 2 rings (SSSR count). The van der Waals surface area contributed by atoms with E-state index < -0.39 is 9.84 Å². The number of hydrogen-bond acceptors (Lipinski definition) is 4. The number of piperidine rings is 1. The minimum Gasteiger partial charge on any atom is -0.381 e. The predicted molar refractivity (Wildman–Crippen MR) is 82.9 cm³/mol. The van der Waals surface area contributed by atoms with Gasteiger partial charge in [-0.2, -0.15) is 0 Å². The molecule has 1 saturated heterocycles. The highest BCUT2D eigenvalue weighted by Gasteiger charge is 2.17. The van der Waals surface area contributed by atoms with E-state index in [1.165, 1.54) is 12.8 Å². The Hall–Kier alpha value is -1.07. The number of nitrogens with zero attached hydrogens (tertiary/aromatic N) is 1. The molecule has 0 saturated carbocycles. The van der Waals surface area contributed by atoms with E-state index in [0.29, 0.717) is 17.4 Å². The molecule has 1 aromatic rings. The lowest BCUT2D eigenvalue weighted by atomic mass is 10.1. The van der Waals surface area contributed by atoms with E-state index in [1.54, 1.807) is 12.1 Å². The third-order valence-corrected chi connectivity index (χ3v) is 5.62. The summed E-state index contributed by atoms with van der Waals surface area (Å²) >= 11 is 0. The molecule has 0 aliphatic carbocycles. The highest BCUT2D eigenvalue weighted by molar-refractivity contribution is 7.91. The highest BCUT2D eigenvalue weighted by atomic mass is 32.2. The molecule has 1 unspecified atom stereocenters. The Morgan fingerprint density at radius 2 is 2.00 bits per heavy atom. The lowest BCUT2D eigenvalue weighted by Crippen LogP contribution is -2.39. The average Bonchev–Trinajstić information content (AvgIpc) is 2.39. The fourth-order valence-corrected chi connectivity index (χ4v) is 3.99. The van der Waals surface area contributed by atoms with Gasteiger partial charge in [0.1, 0.15) is 0 Å². The summed E-state index contributed by atoms with van der Waals surface area (Å²) in [5.41, 5.74) is 1.00. The van der Waals surface area contributed by atoms with Gasteiger partial charge in [-0.05, 0) is 57.1 Å². The maximum absolute atomic E-state index is 11.9. The number of likely N-dealkylation sites (tertiary alicyclic amines) is 1. The molecule has 0 radical (unpaired) electrons. The second-order valence-corrected chi connectivity index (χ2v) is 7.70. The molecule has 112 valence electrons. The maximum atomic E-state index is 11.9. The Labute approximate surface area is 122 Å². The number of hydrogen-bond donors (Lipinski definition) is 1. The van der Waals surface area contributed by atoms with Crippen LogP contribution in [0.25, 0.3) is 0 Å². The Morgan fingerprint density at radius 3 is 2.60 bits per heavy atom. The van der Waals surface area contributed by atoms with Gasteiger partial charge in [-0.25, -0.2) is 8.42 Å². The maximum Gasteiger partial charge on any atom is 0.178 e. The van der Waals surface area contributed by atoms with Crippen molar-refractivity contribution in [2.75, 3.05) is 31.2 Å². The zero-order valence-electron chi connectivity index (χ0n) is 12.3. The minimum atomic E-state index is -3.10. The van der Waals surface area contributed by atoms with Crippen molar-refractivity contribution in [3.8, 4) is 0 Å². The Balaban J connectivity index is 2.01. The molecule has 0 amide bonds. The summed E-state index contributed by atoms with van der Waals surface area (Å²) in [6.07, 6.45) is 3.02. The van der Waals surface area contributed by atoms with Gasteiger partial charge >= 0.3 is 0 Å². The molecule has 1 aromatic carbocycles. The Morgan fingerprint density at radius 1 is 1.30 bits per heavy atom.